The number of benzene rings is 1. The lowest BCUT2D eigenvalue weighted by Gasteiger charge is -2.30. The second-order valence-electron chi connectivity index (χ2n) is 5.17. The van der Waals surface area contributed by atoms with Crippen LogP contribution in [0, 0.1) is 5.92 Å². The average Bonchev–Trinajstić information content (AvgIpc) is 2.47. The predicted octanol–water partition coefficient (Wildman–Crippen LogP) is 1.87. The normalized spacial score (nSPS) is 24.6. The molecule has 1 N–H and O–H groups in total. The molecular weight excluding hydrogens is 226 g/mol. The fraction of sp³-hybridized carbons (Fsp3) is 0.533. The maximum absolute atomic E-state index is 12.6. The number of Topliss-reactive ketones (excluding diaryl/α,β-unsaturated/α-hetero) is 1. The molecule has 1 fully saturated rings. The lowest BCUT2D eigenvalue weighted by atomic mass is 9.80. The minimum atomic E-state index is 0.0399. The molecule has 2 aliphatic rings. The van der Waals surface area contributed by atoms with Crippen molar-refractivity contribution in [1.82, 2.24) is 5.32 Å². The highest BCUT2D eigenvalue weighted by Gasteiger charge is 2.32. The summed E-state index contributed by atoms with van der Waals surface area (Å²) in [6, 6.07) is 8.31. The van der Waals surface area contributed by atoms with Gasteiger partial charge in [0.2, 0.25) is 0 Å². The average molecular weight is 245 g/mol. The van der Waals surface area contributed by atoms with Crippen molar-refractivity contribution in [1.29, 1.82) is 0 Å². The van der Waals surface area contributed by atoms with Crippen LogP contribution in [0.3, 0.4) is 0 Å². The van der Waals surface area contributed by atoms with Crippen molar-refractivity contribution in [2.45, 2.75) is 25.3 Å². The Morgan fingerprint density at radius 1 is 1.22 bits per heavy atom. The molecule has 0 spiro atoms. The number of rotatable bonds is 2. The Balaban J connectivity index is 1.82. The van der Waals surface area contributed by atoms with Crippen molar-refractivity contribution in [3.8, 4) is 0 Å². The van der Waals surface area contributed by atoms with Crippen LogP contribution in [0.5, 0.6) is 0 Å². The maximum atomic E-state index is 12.6. The van der Waals surface area contributed by atoms with Crippen molar-refractivity contribution in [3.05, 3.63) is 35.4 Å². The quantitative estimate of drug-likeness (QED) is 0.864. The van der Waals surface area contributed by atoms with Crippen molar-refractivity contribution >= 4 is 5.78 Å². The molecule has 1 aromatic rings. The summed E-state index contributed by atoms with van der Waals surface area (Å²) >= 11 is 0. The van der Waals surface area contributed by atoms with E-state index in [1.807, 2.05) is 12.1 Å². The molecule has 3 heteroatoms. The summed E-state index contributed by atoms with van der Waals surface area (Å²) in [5, 5.41) is 3.36. The van der Waals surface area contributed by atoms with Gasteiger partial charge < -0.3 is 10.1 Å². The molecule has 0 aromatic heterocycles. The number of fused-ring (bicyclic) bond motifs is 1. The summed E-state index contributed by atoms with van der Waals surface area (Å²) < 4.78 is 5.34. The molecule has 0 radical (unpaired) electrons. The second-order valence-corrected chi connectivity index (χ2v) is 5.17. The van der Waals surface area contributed by atoms with Crippen LogP contribution >= 0.6 is 0 Å². The van der Waals surface area contributed by atoms with Gasteiger partial charge in [-0.3, -0.25) is 4.79 Å². The molecule has 96 valence electrons. The van der Waals surface area contributed by atoms with Crippen LogP contribution in [0.25, 0.3) is 0 Å². The van der Waals surface area contributed by atoms with Crippen LogP contribution < -0.4 is 5.32 Å². The van der Waals surface area contributed by atoms with Gasteiger partial charge in [0.05, 0.1) is 5.92 Å². The number of ketones is 1. The first-order chi connectivity index (χ1) is 8.86. The summed E-state index contributed by atoms with van der Waals surface area (Å²) in [7, 11) is 0. The first-order valence-corrected chi connectivity index (χ1v) is 6.76. The van der Waals surface area contributed by atoms with Crippen LogP contribution in [-0.2, 0) is 16.1 Å². The van der Waals surface area contributed by atoms with E-state index >= 15 is 0 Å². The molecule has 3 nitrogen and oxygen atoms in total. The van der Waals surface area contributed by atoms with Crippen LogP contribution in [0.15, 0.2) is 24.3 Å². The molecule has 0 bridgehead atoms. The van der Waals surface area contributed by atoms with Gasteiger partial charge in [0, 0.05) is 32.2 Å². The Morgan fingerprint density at radius 3 is 2.83 bits per heavy atom. The summed E-state index contributed by atoms with van der Waals surface area (Å²) in [6.07, 6.45) is 1.77. The zero-order valence-corrected chi connectivity index (χ0v) is 10.5. The largest absolute Gasteiger partial charge is 0.381 e. The Hall–Kier alpha value is -1.19. The van der Waals surface area contributed by atoms with Gasteiger partial charge in [-0.1, -0.05) is 24.3 Å². The zero-order chi connectivity index (χ0) is 12.4. The summed E-state index contributed by atoms with van der Waals surface area (Å²) in [5.41, 5.74) is 2.50. The Labute approximate surface area is 108 Å². The highest BCUT2D eigenvalue weighted by molar-refractivity contribution is 5.88. The van der Waals surface area contributed by atoms with Crippen molar-refractivity contribution in [3.63, 3.8) is 0 Å². The van der Waals surface area contributed by atoms with E-state index in [1.165, 1.54) is 11.1 Å². The number of hydrogen-bond acceptors (Lipinski definition) is 3. The molecule has 1 atom stereocenters. The molecule has 0 saturated carbocycles. The fourth-order valence-electron chi connectivity index (χ4n) is 3.02. The van der Waals surface area contributed by atoms with E-state index in [1.54, 1.807) is 0 Å². The number of ether oxygens (including phenoxy) is 1. The highest BCUT2D eigenvalue weighted by Crippen LogP contribution is 2.29. The lowest BCUT2D eigenvalue weighted by Crippen LogP contribution is -2.37. The minimum absolute atomic E-state index is 0.0399. The van der Waals surface area contributed by atoms with Crippen LogP contribution in [0.2, 0.25) is 0 Å². The first-order valence-electron chi connectivity index (χ1n) is 6.76. The fourth-order valence-corrected chi connectivity index (χ4v) is 3.02. The minimum Gasteiger partial charge on any atom is -0.381 e. The molecule has 1 saturated heterocycles. The van der Waals surface area contributed by atoms with E-state index in [4.69, 9.17) is 4.74 Å². The van der Waals surface area contributed by atoms with Crippen LogP contribution in [-0.4, -0.2) is 25.5 Å². The first kappa shape index (κ1) is 11.9. The third-order valence-corrected chi connectivity index (χ3v) is 4.06. The van der Waals surface area contributed by atoms with E-state index in [9.17, 15) is 4.79 Å². The SMILES string of the molecule is O=C(C1CCOCC1)C1CNCc2ccccc21. The monoisotopic (exact) mass is 245 g/mol. The van der Waals surface area contributed by atoms with Gasteiger partial charge in [0.1, 0.15) is 5.78 Å². The second kappa shape index (κ2) is 5.21. The number of carbonyl (C=O) groups excluding carboxylic acids is 1. The Bertz CT molecular complexity index is 438. The number of hydrogen-bond donors (Lipinski definition) is 1. The third-order valence-electron chi connectivity index (χ3n) is 4.06. The van der Waals surface area contributed by atoms with Crippen molar-refractivity contribution in [2.24, 2.45) is 5.92 Å². The van der Waals surface area contributed by atoms with Crippen LogP contribution in [0.4, 0.5) is 0 Å². The van der Waals surface area contributed by atoms with Gasteiger partial charge in [-0.15, -0.1) is 0 Å². The molecule has 1 aromatic carbocycles. The van der Waals surface area contributed by atoms with Gasteiger partial charge in [0.15, 0.2) is 0 Å². The predicted molar refractivity (Wildman–Crippen MR) is 69.4 cm³/mol. The van der Waals surface area contributed by atoms with Gasteiger partial charge in [-0.05, 0) is 24.0 Å². The summed E-state index contributed by atoms with van der Waals surface area (Å²) in [4.78, 5) is 12.6. The van der Waals surface area contributed by atoms with E-state index in [0.717, 1.165) is 39.1 Å². The summed E-state index contributed by atoms with van der Waals surface area (Å²) in [6.45, 7) is 3.14. The van der Waals surface area contributed by atoms with Gasteiger partial charge in [-0.25, -0.2) is 0 Å². The number of carbonyl (C=O) groups is 1. The van der Waals surface area contributed by atoms with E-state index in [0.29, 0.717) is 5.78 Å². The maximum Gasteiger partial charge on any atom is 0.144 e. The molecule has 0 aliphatic carbocycles. The van der Waals surface area contributed by atoms with E-state index in [2.05, 4.69) is 17.4 Å². The Morgan fingerprint density at radius 2 is 2.00 bits per heavy atom. The lowest BCUT2D eigenvalue weighted by molar-refractivity contribution is -0.127. The standard InChI is InChI=1S/C15H19NO2/c17-15(11-5-7-18-8-6-11)14-10-16-9-12-3-1-2-4-13(12)14/h1-4,11,14,16H,5-10H2. The van der Waals surface area contributed by atoms with E-state index < -0.39 is 0 Å². The van der Waals surface area contributed by atoms with Gasteiger partial charge >= 0.3 is 0 Å². The zero-order valence-electron chi connectivity index (χ0n) is 10.5. The molecule has 18 heavy (non-hydrogen) atoms. The topological polar surface area (TPSA) is 38.3 Å². The van der Waals surface area contributed by atoms with Gasteiger partial charge in [-0.2, -0.15) is 0 Å². The molecule has 1 unspecified atom stereocenters. The van der Waals surface area contributed by atoms with Crippen molar-refractivity contribution < 1.29 is 9.53 Å². The summed E-state index contributed by atoms with van der Waals surface area (Å²) in [5.74, 6) is 0.632. The number of nitrogens with one attached hydrogen (secondary N) is 1. The van der Waals surface area contributed by atoms with Gasteiger partial charge in [0.25, 0.3) is 0 Å². The molecular formula is C15H19NO2. The van der Waals surface area contributed by atoms with Crippen LogP contribution in [0.1, 0.15) is 29.9 Å². The molecule has 2 aliphatic heterocycles. The molecule has 3 rings (SSSR count). The molecule has 0 amide bonds. The van der Waals surface area contributed by atoms with Crippen molar-refractivity contribution in [2.75, 3.05) is 19.8 Å². The third kappa shape index (κ3) is 2.20. The Kier molecular flexibility index (Phi) is 3.43. The smallest absolute Gasteiger partial charge is 0.144 e. The highest BCUT2D eigenvalue weighted by atomic mass is 16.5. The van der Waals surface area contributed by atoms with E-state index in [-0.39, 0.29) is 11.8 Å². The molecule has 2 heterocycles.